The standard InChI is InChI=1S/C20H26N2O3/c23-19-10-12-25-18-8-4-3-7-17(18)22(19)14-20(24)21-11-9-15-5-1-2-6-16(15)13-21/h3-4,7-8,15-16H,1-2,5-6,9-14H2/t15-,16+/m0/s1. The van der Waals surface area contributed by atoms with Gasteiger partial charge in [0, 0.05) is 13.1 Å². The summed E-state index contributed by atoms with van der Waals surface area (Å²) in [7, 11) is 0. The first-order valence-electron chi connectivity index (χ1n) is 9.52. The average molecular weight is 342 g/mol. The Balaban J connectivity index is 1.47. The fourth-order valence-corrected chi connectivity index (χ4v) is 4.56. The van der Waals surface area contributed by atoms with E-state index in [1.54, 1.807) is 4.90 Å². The number of likely N-dealkylation sites (tertiary alicyclic amines) is 1. The van der Waals surface area contributed by atoms with Crippen LogP contribution in [0.5, 0.6) is 5.75 Å². The highest BCUT2D eigenvalue weighted by molar-refractivity contribution is 6.00. The molecule has 3 aliphatic rings. The molecule has 25 heavy (non-hydrogen) atoms. The summed E-state index contributed by atoms with van der Waals surface area (Å²) >= 11 is 0. The molecule has 0 bridgehead atoms. The quantitative estimate of drug-likeness (QED) is 0.830. The Morgan fingerprint density at radius 1 is 1.12 bits per heavy atom. The third kappa shape index (κ3) is 3.37. The van der Waals surface area contributed by atoms with Crippen molar-refractivity contribution in [2.75, 3.05) is 31.1 Å². The molecule has 2 atom stereocenters. The van der Waals surface area contributed by atoms with Crippen LogP contribution in [0.25, 0.3) is 0 Å². The molecule has 0 unspecified atom stereocenters. The van der Waals surface area contributed by atoms with Crippen LogP contribution in [-0.4, -0.2) is 43.0 Å². The van der Waals surface area contributed by atoms with E-state index in [0.717, 1.165) is 25.4 Å². The van der Waals surface area contributed by atoms with Gasteiger partial charge in [-0.2, -0.15) is 0 Å². The van der Waals surface area contributed by atoms with Crippen molar-refractivity contribution < 1.29 is 14.3 Å². The van der Waals surface area contributed by atoms with E-state index in [9.17, 15) is 9.59 Å². The normalized spacial score (nSPS) is 26.3. The van der Waals surface area contributed by atoms with Crippen LogP contribution in [0.4, 0.5) is 5.69 Å². The molecule has 2 amide bonds. The number of piperidine rings is 1. The zero-order chi connectivity index (χ0) is 17.2. The lowest BCUT2D eigenvalue weighted by atomic mass is 9.75. The number of carbonyl (C=O) groups is 2. The van der Waals surface area contributed by atoms with E-state index in [-0.39, 0.29) is 18.4 Å². The van der Waals surface area contributed by atoms with Gasteiger partial charge in [0.25, 0.3) is 0 Å². The van der Waals surface area contributed by atoms with E-state index in [0.29, 0.717) is 30.4 Å². The van der Waals surface area contributed by atoms with Gasteiger partial charge in [0.05, 0.1) is 18.7 Å². The van der Waals surface area contributed by atoms with Gasteiger partial charge in [-0.05, 0) is 36.8 Å². The molecule has 1 saturated carbocycles. The largest absolute Gasteiger partial charge is 0.491 e. The highest BCUT2D eigenvalue weighted by atomic mass is 16.5. The minimum absolute atomic E-state index is 0.0362. The van der Waals surface area contributed by atoms with Gasteiger partial charge in [-0.1, -0.05) is 31.4 Å². The molecule has 134 valence electrons. The van der Waals surface area contributed by atoms with Crippen LogP contribution in [-0.2, 0) is 9.59 Å². The molecular formula is C20H26N2O3. The Morgan fingerprint density at radius 2 is 1.92 bits per heavy atom. The van der Waals surface area contributed by atoms with Crippen molar-refractivity contribution in [3.8, 4) is 5.75 Å². The Morgan fingerprint density at radius 3 is 2.80 bits per heavy atom. The first-order chi connectivity index (χ1) is 12.2. The van der Waals surface area contributed by atoms with Gasteiger partial charge < -0.3 is 9.64 Å². The molecule has 2 heterocycles. The lowest BCUT2D eigenvalue weighted by Gasteiger charge is -2.41. The van der Waals surface area contributed by atoms with Gasteiger partial charge in [0.2, 0.25) is 11.8 Å². The summed E-state index contributed by atoms with van der Waals surface area (Å²) in [6.07, 6.45) is 6.62. The Hall–Kier alpha value is -2.04. The van der Waals surface area contributed by atoms with Crippen molar-refractivity contribution >= 4 is 17.5 Å². The van der Waals surface area contributed by atoms with Crippen molar-refractivity contribution in [2.24, 2.45) is 11.8 Å². The molecule has 2 aliphatic heterocycles. The SMILES string of the molecule is O=C(CN1C(=O)CCOc2ccccc21)N1CC[C@@H]2CCCC[C@@H]2C1. The second-order valence-electron chi connectivity index (χ2n) is 7.48. The fourth-order valence-electron chi connectivity index (χ4n) is 4.56. The minimum atomic E-state index is -0.0362. The number of rotatable bonds is 2. The zero-order valence-corrected chi connectivity index (χ0v) is 14.7. The number of benzene rings is 1. The number of para-hydroxylation sites is 2. The van der Waals surface area contributed by atoms with Crippen molar-refractivity contribution in [2.45, 2.75) is 38.5 Å². The second kappa shape index (κ2) is 7.06. The molecule has 5 heteroatoms. The first kappa shape index (κ1) is 16.4. The summed E-state index contributed by atoms with van der Waals surface area (Å²) in [5.41, 5.74) is 0.714. The van der Waals surface area contributed by atoms with Crippen LogP contribution in [0.2, 0.25) is 0 Å². The molecule has 1 aliphatic carbocycles. The molecule has 5 nitrogen and oxygen atoms in total. The van der Waals surface area contributed by atoms with Gasteiger partial charge >= 0.3 is 0 Å². The first-order valence-corrected chi connectivity index (χ1v) is 9.52. The van der Waals surface area contributed by atoms with Crippen LogP contribution in [0, 0.1) is 11.8 Å². The molecule has 4 rings (SSSR count). The van der Waals surface area contributed by atoms with E-state index >= 15 is 0 Å². The molecule has 2 fully saturated rings. The third-order valence-electron chi connectivity index (χ3n) is 5.97. The summed E-state index contributed by atoms with van der Waals surface area (Å²) < 4.78 is 5.66. The van der Waals surface area contributed by atoms with E-state index in [4.69, 9.17) is 4.74 Å². The molecule has 1 saturated heterocycles. The zero-order valence-electron chi connectivity index (χ0n) is 14.7. The third-order valence-corrected chi connectivity index (χ3v) is 5.97. The molecule has 0 N–H and O–H groups in total. The second-order valence-corrected chi connectivity index (χ2v) is 7.48. The smallest absolute Gasteiger partial charge is 0.242 e. The van der Waals surface area contributed by atoms with Gasteiger partial charge in [-0.3, -0.25) is 14.5 Å². The topological polar surface area (TPSA) is 49.9 Å². The Kier molecular flexibility index (Phi) is 4.64. The van der Waals surface area contributed by atoms with Crippen LogP contribution >= 0.6 is 0 Å². The number of hydrogen-bond acceptors (Lipinski definition) is 3. The highest BCUT2D eigenvalue weighted by Crippen LogP contribution is 2.36. The molecule has 1 aromatic rings. The van der Waals surface area contributed by atoms with E-state index in [1.165, 1.54) is 25.7 Å². The number of anilines is 1. The summed E-state index contributed by atoms with van der Waals surface area (Å²) in [4.78, 5) is 29.0. The predicted molar refractivity (Wildman–Crippen MR) is 95.6 cm³/mol. The predicted octanol–water partition coefficient (Wildman–Crippen LogP) is 2.84. The molecule has 0 radical (unpaired) electrons. The summed E-state index contributed by atoms with van der Waals surface area (Å²) in [6.45, 7) is 2.19. The van der Waals surface area contributed by atoms with Crippen LogP contribution in [0.3, 0.4) is 0 Å². The maximum atomic E-state index is 12.9. The van der Waals surface area contributed by atoms with Gasteiger partial charge in [-0.15, -0.1) is 0 Å². The molecule has 0 aromatic heterocycles. The summed E-state index contributed by atoms with van der Waals surface area (Å²) in [6, 6.07) is 7.49. The number of amides is 2. The van der Waals surface area contributed by atoms with Crippen molar-refractivity contribution in [3.05, 3.63) is 24.3 Å². The van der Waals surface area contributed by atoms with Gasteiger partial charge in [-0.25, -0.2) is 0 Å². The fraction of sp³-hybridized carbons (Fsp3) is 0.600. The number of hydrogen-bond donors (Lipinski definition) is 0. The van der Waals surface area contributed by atoms with Crippen LogP contribution in [0.1, 0.15) is 38.5 Å². The van der Waals surface area contributed by atoms with Crippen molar-refractivity contribution in [1.29, 1.82) is 0 Å². The van der Waals surface area contributed by atoms with Crippen LogP contribution < -0.4 is 9.64 Å². The van der Waals surface area contributed by atoms with Gasteiger partial charge in [0.1, 0.15) is 12.3 Å². The molecular weight excluding hydrogens is 316 g/mol. The van der Waals surface area contributed by atoms with E-state index in [2.05, 4.69) is 0 Å². The molecule has 0 spiro atoms. The molecule has 1 aromatic carbocycles. The summed E-state index contributed by atoms with van der Waals surface area (Å²) in [5, 5.41) is 0. The highest BCUT2D eigenvalue weighted by Gasteiger charge is 2.34. The maximum Gasteiger partial charge on any atom is 0.242 e. The number of ether oxygens (including phenoxy) is 1. The monoisotopic (exact) mass is 342 g/mol. The number of carbonyl (C=O) groups excluding carboxylic acids is 2. The Bertz CT molecular complexity index is 660. The van der Waals surface area contributed by atoms with E-state index < -0.39 is 0 Å². The minimum Gasteiger partial charge on any atom is -0.491 e. The van der Waals surface area contributed by atoms with E-state index in [1.807, 2.05) is 29.2 Å². The average Bonchev–Trinajstić information content (AvgIpc) is 2.80. The lowest BCUT2D eigenvalue weighted by molar-refractivity contribution is -0.134. The number of nitrogens with zero attached hydrogens (tertiary/aromatic N) is 2. The van der Waals surface area contributed by atoms with Crippen molar-refractivity contribution in [1.82, 2.24) is 4.90 Å². The van der Waals surface area contributed by atoms with Gasteiger partial charge in [0.15, 0.2) is 0 Å². The Labute approximate surface area is 148 Å². The van der Waals surface area contributed by atoms with Crippen LogP contribution in [0.15, 0.2) is 24.3 Å². The maximum absolute atomic E-state index is 12.9. The lowest BCUT2D eigenvalue weighted by Crippen LogP contribution is -2.49. The van der Waals surface area contributed by atoms with Crippen molar-refractivity contribution in [3.63, 3.8) is 0 Å². The number of fused-ring (bicyclic) bond motifs is 2. The summed E-state index contributed by atoms with van der Waals surface area (Å²) in [5.74, 6) is 2.17.